The van der Waals surface area contributed by atoms with Gasteiger partial charge < -0.3 is 16.2 Å². The number of rotatable bonds is 20. The Morgan fingerprint density at radius 2 is 1.43 bits per heavy atom. The van der Waals surface area contributed by atoms with Gasteiger partial charge >= 0.3 is 5.97 Å². The molecule has 0 rings (SSSR count). The van der Waals surface area contributed by atoms with E-state index in [1.807, 2.05) is 0 Å². The number of allylic oxidation sites excluding steroid dienone is 2. The lowest BCUT2D eigenvalue weighted by molar-refractivity contribution is -0.138. The van der Waals surface area contributed by atoms with Crippen LogP contribution >= 0.6 is 0 Å². The molecule has 0 aliphatic rings. The second-order valence-corrected chi connectivity index (χ2v) is 7.77. The van der Waals surface area contributed by atoms with Gasteiger partial charge in [-0.1, -0.05) is 70.4 Å². The van der Waals surface area contributed by atoms with Gasteiger partial charge in [0, 0.05) is 13.0 Å². The number of carbonyl (C=O) groups excluding carboxylic acids is 1. The van der Waals surface area contributed by atoms with Crippen LogP contribution in [0.25, 0.3) is 0 Å². The molecule has 0 aromatic carbocycles. The first kappa shape index (κ1) is 26.6. The molecule has 0 spiro atoms. The monoisotopic (exact) mass is 396 g/mol. The molecule has 164 valence electrons. The molecule has 0 saturated heterocycles. The highest BCUT2D eigenvalue weighted by molar-refractivity contribution is 5.75. The fourth-order valence-corrected chi connectivity index (χ4v) is 3.12. The summed E-state index contributed by atoms with van der Waals surface area (Å²) in [6, 6.07) is -0.793. The second-order valence-electron chi connectivity index (χ2n) is 7.77. The minimum atomic E-state index is -0.963. The van der Waals surface area contributed by atoms with Gasteiger partial charge in [-0.15, -0.1) is 0 Å². The second kappa shape index (κ2) is 20.4. The molecule has 0 aromatic rings. The Kier molecular flexibility index (Phi) is 19.4. The quantitative estimate of drug-likeness (QED) is 0.191. The molecule has 5 nitrogen and oxygen atoms in total. The van der Waals surface area contributed by atoms with Crippen LogP contribution in [0.5, 0.6) is 0 Å². The van der Waals surface area contributed by atoms with Crippen LogP contribution in [-0.2, 0) is 9.59 Å². The molecule has 0 aliphatic carbocycles. The van der Waals surface area contributed by atoms with E-state index in [0.717, 1.165) is 32.1 Å². The number of hydrogen-bond donors (Lipinski definition) is 3. The van der Waals surface area contributed by atoms with Crippen LogP contribution in [0.1, 0.15) is 110 Å². The molecule has 0 aliphatic heterocycles. The van der Waals surface area contributed by atoms with Crippen molar-refractivity contribution >= 4 is 11.9 Å². The molecular weight excluding hydrogens is 352 g/mol. The minimum absolute atomic E-state index is 0.0786. The Bertz CT molecular complexity index is 411. The number of aliphatic carboxylic acids is 1. The van der Waals surface area contributed by atoms with E-state index in [1.165, 1.54) is 57.8 Å². The Morgan fingerprint density at radius 3 is 2.04 bits per heavy atom. The van der Waals surface area contributed by atoms with Crippen LogP contribution in [-0.4, -0.2) is 29.6 Å². The number of unbranched alkanes of at least 4 members (excludes halogenated alkanes) is 11. The summed E-state index contributed by atoms with van der Waals surface area (Å²) in [6.45, 7) is 2.86. The first-order valence-electron chi connectivity index (χ1n) is 11.5. The summed E-state index contributed by atoms with van der Waals surface area (Å²) >= 11 is 0. The van der Waals surface area contributed by atoms with Crippen molar-refractivity contribution in [2.45, 2.75) is 116 Å². The molecule has 5 heteroatoms. The van der Waals surface area contributed by atoms with E-state index in [-0.39, 0.29) is 5.91 Å². The largest absolute Gasteiger partial charge is 0.480 e. The van der Waals surface area contributed by atoms with E-state index in [2.05, 4.69) is 24.4 Å². The number of carboxylic acid groups (broad SMARTS) is 1. The van der Waals surface area contributed by atoms with E-state index in [0.29, 0.717) is 19.4 Å². The molecule has 1 atom stereocenters. The lowest BCUT2D eigenvalue weighted by atomic mass is 10.1. The third kappa shape index (κ3) is 19.4. The van der Waals surface area contributed by atoms with Crippen LogP contribution in [0.2, 0.25) is 0 Å². The third-order valence-electron chi connectivity index (χ3n) is 5.00. The lowest BCUT2D eigenvalue weighted by Gasteiger charge is -2.07. The average Bonchev–Trinajstić information content (AvgIpc) is 2.67. The number of carbonyl (C=O) groups is 2. The van der Waals surface area contributed by atoms with Gasteiger partial charge in [-0.05, 0) is 44.9 Å². The van der Waals surface area contributed by atoms with Crippen LogP contribution < -0.4 is 11.1 Å². The zero-order valence-corrected chi connectivity index (χ0v) is 18.1. The number of amides is 1. The van der Waals surface area contributed by atoms with Crippen LogP contribution in [0.4, 0.5) is 0 Å². The van der Waals surface area contributed by atoms with Gasteiger partial charge in [-0.3, -0.25) is 9.59 Å². The zero-order valence-electron chi connectivity index (χ0n) is 18.1. The molecule has 0 fully saturated rings. The van der Waals surface area contributed by atoms with Gasteiger partial charge in [0.25, 0.3) is 0 Å². The SMILES string of the molecule is CCCCCCCCCCC/C=C/CCCC(=O)NCCCC[C@H](N)C(=O)O. The predicted molar refractivity (Wildman–Crippen MR) is 117 cm³/mol. The summed E-state index contributed by atoms with van der Waals surface area (Å²) in [4.78, 5) is 22.3. The van der Waals surface area contributed by atoms with Gasteiger partial charge in [0.2, 0.25) is 5.91 Å². The van der Waals surface area contributed by atoms with E-state index in [1.54, 1.807) is 0 Å². The Hall–Kier alpha value is -1.36. The highest BCUT2D eigenvalue weighted by Gasteiger charge is 2.10. The molecule has 4 N–H and O–H groups in total. The molecular formula is C23H44N2O3. The number of nitrogens with one attached hydrogen (secondary N) is 1. The predicted octanol–water partition coefficient (Wildman–Crippen LogP) is 5.33. The van der Waals surface area contributed by atoms with Crippen LogP contribution in [0, 0.1) is 0 Å². The van der Waals surface area contributed by atoms with Gasteiger partial charge in [0.05, 0.1) is 0 Å². The molecule has 1 amide bonds. The van der Waals surface area contributed by atoms with E-state index in [4.69, 9.17) is 10.8 Å². The molecule has 0 radical (unpaired) electrons. The Labute approximate surface area is 172 Å². The van der Waals surface area contributed by atoms with Crippen molar-refractivity contribution in [3.05, 3.63) is 12.2 Å². The summed E-state index contributed by atoms with van der Waals surface area (Å²) in [5, 5.41) is 11.6. The first-order chi connectivity index (χ1) is 13.6. The summed E-state index contributed by atoms with van der Waals surface area (Å²) in [7, 11) is 0. The number of carboxylic acids is 1. The van der Waals surface area contributed by atoms with Crippen LogP contribution in [0.15, 0.2) is 12.2 Å². The highest BCUT2D eigenvalue weighted by atomic mass is 16.4. The zero-order chi connectivity index (χ0) is 20.9. The summed E-state index contributed by atoms with van der Waals surface area (Å²) in [5.74, 6) is -0.884. The van der Waals surface area contributed by atoms with Crippen molar-refractivity contribution in [2.75, 3.05) is 6.54 Å². The van der Waals surface area contributed by atoms with Crippen LogP contribution in [0.3, 0.4) is 0 Å². The van der Waals surface area contributed by atoms with Crippen molar-refractivity contribution in [3.8, 4) is 0 Å². The fraction of sp³-hybridized carbons (Fsp3) is 0.826. The number of hydrogen-bond acceptors (Lipinski definition) is 3. The van der Waals surface area contributed by atoms with Crippen molar-refractivity contribution in [2.24, 2.45) is 5.73 Å². The van der Waals surface area contributed by atoms with Gasteiger partial charge in [-0.2, -0.15) is 0 Å². The van der Waals surface area contributed by atoms with E-state index >= 15 is 0 Å². The topological polar surface area (TPSA) is 92.4 Å². The average molecular weight is 397 g/mol. The summed E-state index contributed by atoms with van der Waals surface area (Å²) in [6.07, 6.45) is 22.2. The molecule has 0 aromatic heterocycles. The van der Waals surface area contributed by atoms with Gasteiger partial charge in [-0.25, -0.2) is 0 Å². The van der Waals surface area contributed by atoms with Crippen molar-refractivity contribution in [1.82, 2.24) is 5.32 Å². The van der Waals surface area contributed by atoms with Crippen molar-refractivity contribution < 1.29 is 14.7 Å². The van der Waals surface area contributed by atoms with Crippen molar-refractivity contribution in [3.63, 3.8) is 0 Å². The molecule has 0 bridgehead atoms. The van der Waals surface area contributed by atoms with E-state index in [9.17, 15) is 9.59 Å². The fourth-order valence-electron chi connectivity index (χ4n) is 3.12. The molecule has 0 saturated carbocycles. The molecule has 0 heterocycles. The maximum Gasteiger partial charge on any atom is 0.320 e. The van der Waals surface area contributed by atoms with E-state index < -0.39 is 12.0 Å². The first-order valence-corrected chi connectivity index (χ1v) is 11.5. The Morgan fingerprint density at radius 1 is 0.857 bits per heavy atom. The smallest absolute Gasteiger partial charge is 0.320 e. The third-order valence-corrected chi connectivity index (χ3v) is 5.00. The number of nitrogens with two attached hydrogens (primary N) is 1. The molecule has 0 unspecified atom stereocenters. The van der Waals surface area contributed by atoms with Crippen molar-refractivity contribution in [1.29, 1.82) is 0 Å². The lowest BCUT2D eigenvalue weighted by Crippen LogP contribution is -2.30. The van der Waals surface area contributed by atoms with Gasteiger partial charge in [0.1, 0.15) is 6.04 Å². The maximum absolute atomic E-state index is 11.7. The summed E-state index contributed by atoms with van der Waals surface area (Å²) < 4.78 is 0. The molecule has 28 heavy (non-hydrogen) atoms. The minimum Gasteiger partial charge on any atom is -0.480 e. The standard InChI is InChI=1S/C23H44N2O3/c1-2-3-4-5-6-7-8-9-10-11-12-13-14-15-19-22(26)25-20-17-16-18-21(24)23(27)28/h12-13,21H,2-11,14-20,24H2,1H3,(H,25,26)(H,27,28)/b13-12+/t21-/m0/s1. The summed E-state index contributed by atoms with van der Waals surface area (Å²) in [5.41, 5.74) is 5.43. The highest BCUT2D eigenvalue weighted by Crippen LogP contribution is 2.11. The normalized spacial score (nSPS) is 12.4. The Balaban J connectivity index is 3.31. The van der Waals surface area contributed by atoms with Gasteiger partial charge in [0.15, 0.2) is 0 Å². The maximum atomic E-state index is 11.7.